The maximum absolute atomic E-state index is 13.5. The number of amides is 2. The lowest BCUT2D eigenvalue weighted by Gasteiger charge is -2.30. The molecular formula is C32H36N2O6. The fourth-order valence-electron chi connectivity index (χ4n) is 5.15. The Balaban J connectivity index is 1.41. The number of carbonyl (C=O) groups is 3. The van der Waals surface area contributed by atoms with Gasteiger partial charge in [-0.1, -0.05) is 30.3 Å². The van der Waals surface area contributed by atoms with Crippen molar-refractivity contribution in [3.63, 3.8) is 0 Å². The number of ether oxygens (including phenoxy) is 2. The van der Waals surface area contributed by atoms with Gasteiger partial charge in [0.1, 0.15) is 17.5 Å². The Labute approximate surface area is 234 Å². The Morgan fingerprint density at radius 1 is 0.900 bits per heavy atom. The van der Waals surface area contributed by atoms with Crippen LogP contribution in [-0.2, 0) is 32.0 Å². The number of benzene rings is 3. The zero-order valence-corrected chi connectivity index (χ0v) is 23.2. The van der Waals surface area contributed by atoms with E-state index in [1.807, 2.05) is 38.1 Å². The van der Waals surface area contributed by atoms with Crippen molar-refractivity contribution in [1.82, 2.24) is 5.32 Å². The molecule has 4 rings (SSSR count). The number of methoxy groups -OCH3 is 1. The van der Waals surface area contributed by atoms with Crippen molar-refractivity contribution >= 4 is 23.5 Å². The van der Waals surface area contributed by atoms with Gasteiger partial charge in [0.05, 0.1) is 13.5 Å². The van der Waals surface area contributed by atoms with Crippen LogP contribution in [0.1, 0.15) is 47.9 Å². The summed E-state index contributed by atoms with van der Waals surface area (Å²) in [5, 5.41) is 15.3. The van der Waals surface area contributed by atoms with Gasteiger partial charge in [-0.05, 0) is 98.2 Å². The molecule has 0 spiro atoms. The van der Waals surface area contributed by atoms with Gasteiger partial charge in [0.25, 0.3) is 5.91 Å². The van der Waals surface area contributed by atoms with Crippen molar-refractivity contribution in [2.45, 2.75) is 64.0 Å². The lowest BCUT2D eigenvalue weighted by molar-refractivity contribution is -0.148. The molecule has 0 bridgehead atoms. The average Bonchev–Trinajstić information content (AvgIpc) is 3.39. The molecule has 3 aromatic rings. The lowest BCUT2D eigenvalue weighted by atomic mass is 9.98. The second kappa shape index (κ2) is 12.7. The third kappa shape index (κ3) is 7.40. The highest BCUT2D eigenvalue weighted by atomic mass is 16.5. The fraction of sp³-hybridized carbons (Fsp3) is 0.344. The number of anilines is 1. The van der Waals surface area contributed by atoms with E-state index >= 15 is 0 Å². The van der Waals surface area contributed by atoms with Crippen LogP contribution in [0.3, 0.4) is 0 Å². The van der Waals surface area contributed by atoms with Gasteiger partial charge >= 0.3 is 5.97 Å². The predicted molar refractivity (Wildman–Crippen MR) is 152 cm³/mol. The van der Waals surface area contributed by atoms with Crippen LogP contribution in [0.4, 0.5) is 5.69 Å². The van der Waals surface area contributed by atoms with E-state index in [0.29, 0.717) is 18.6 Å². The van der Waals surface area contributed by atoms with Crippen LogP contribution in [0.2, 0.25) is 0 Å². The number of aromatic hydroxyl groups is 1. The van der Waals surface area contributed by atoms with Crippen LogP contribution in [0.15, 0.2) is 66.7 Å². The van der Waals surface area contributed by atoms with Crippen LogP contribution in [0, 0.1) is 13.8 Å². The summed E-state index contributed by atoms with van der Waals surface area (Å²) in [5.74, 6) is -0.403. The van der Waals surface area contributed by atoms with Crippen LogP contribution in [-0.4, -0.2) is 41.6 Å². The maximum atomic E-state index is 13.5. The minimum absolute atomic E-state index is 0.118. The number of nitrogens with one attached hydrogen (secondary N) is 2. The Kier molecular flexibility index (Phi) is 9.09. The van der Waals surface area contributed by atoms with Gasteiger partial charge in [-0.2, -0.15) is 0 Å². The van der Waals surface area contributed by atoms with Gasteiger partial charge in [-0.3, -0.25) is 9.59 Å². The number of rotatable bonds is 10. The van der Waals surface area contributed by atoms with Crippen LogP contribution in [0.5, 0.6) is 11.5 Å². The standard InChI is InChI=1S/C32H36N2O6/c1-21-16-22(2)18-25(17-21)33-29(36)20-24-8-12-27(13-9-24)40-32(14-4-5-15-32)31(38)34-28(30(37)39-3)19-23-6-10-26(35)11-7-23/h6-13,16-18,28,35H,4-5,14-15,19-20H2,1-3H3,(H,33,36)(H,34,38)/t28-/m0/s1. The van der Waals surface area contributed by atoms with Crippen molar-refractivity contribution < 1.29 is 29.0 Å². The first-order valence-electron chi connectivity index (χ1n) is 13.5. The number of phenols is 1. The minimum Gasteiger partial charge on any atom is -0.508 e. The zero-order valence-electron chi connectivity index (χ0n) is 23.2. The smallest absolute Gasteiger partial charge is 0.328 e. The SMILES string of the molecule is COC(=O)[C@H](Cc1ccc(O)cc1)NC(=O)C1(Oc2ccc(CC(=O)Nc3cc(C)cc(C)c3)cc2)CCCC1. The van der Waals surface area contributed by atoms with Gasteiger partial charge in [0.2, 0.25) is 5.91 Å². The van der Waals surface area contributed by atoms with Crippen molar-refractivity contribution in [3.05, 3.63) is 89.0 Å². The number of hydrogen-bond donors (Lipinski definition) is 3. The molecule has 1 aliphatic rings. The molecule has 3 N–H and O–H groups in total. The monoisotopic (exact) mass is 544 g/mol. The summed E-state index contributed by atoms with van der Waals surface area (Å²) in [7, 11) is 1.28. The van der Waals surface area contributed by atoms with Crippen LogP contribution < -0.4 is 15.4 Å². The highest BCUT2D eigenvalue weighted by Crippen LogP contribution is 2.35. The van der Waals surface area contributed by atoms with Crippen molar-refractivity contribution in [2.24, 2.45) is 0 Å². The highest BCUT2D eigenvalue weighted by Gasteiger charge is 2.45. The molecule has 0 saturated heterocycles. The quantitative estimate of drug-likeness (QED) is 0.317. The first-order valence-corrected chi connectivity index (χ1v) is 13.5. The normalized spacial score (nSPS) is 14.7. The molecular weight excluding hydrogens is 508 g/mol. The van der Waals surface area contributed by atoms with E-state index in [0.717, 1.165) is 40.8 Å². The van der Waals surface area contributed by atoms with Gasteiger partial charge in [-0.25, -0.2) is 4.79 Å². The summed E-state index contributed by atoms with van der Waals surface area (Å²) in [5.41, 5.74) is 3.42. The molecule has 1 fully saturated rings. The van der Waals surface area contributed by atoms with E-state index in [4.69, 9.17) is 9.47 Å². The molecule has 0 aliphatic heterocycles. The first kappa shape index (κ1) is 28.7. The van der Waals surface area contributed by atoms with E-state index in [9.17, 15) is 19.5 Å². The number of aryl methyl sites for hydroxylation is 2. The molecule has 1 aliphatic carbocycles. The molecule has 0 heterocycles. The zero-order chi connectivity index (χ0) is 28.7. The minimum atomic E-state index is -1.11. The summed E-state index contributed by atoms with van der Waals surface area (Å²) >= 11 is 0. The van der Waals surface area contributed by atoms with Gasteiger partial charge in [0.15, 0.2) is 5.60 Å². The Bertz CT molecular complexity index is 1320. The van der Waals surface area contributed by atoms with E-state index in [1.165, 1.54) is 19.2 Å². The molecule has 0 aromatic heterocycles. The molecule has 3 aromatic carbocycles. The van der Waals surface area contributed by atoms with Crippen molar-refractivity contribution in [3.8, 4) is 11.5 Å². The van der Waals surface area contributed by atoms with E-state index < -0.39 is 17.6 Å². The molecule has 40 heavy (non-hydrogen) atoms. The second-order valence-corrected chi connectivity index (χ2v) is 10.5. The summed E-state index contributed by atoms with van der Waals surface area (Å²) in [6.07, 6.45) is 3.11. The summed E-state index contributed by atoms with van der Waals surface area (Å²) in [4.78, 5) is 38.6. The third-order valence-corrected chi connectivity index (χ3v) is 7.10. The summed E-state index contributed by atoms with van der Waals surface area (Å²) < 4.78 is 11.2. The van der Waals surface area contributed by atoms with Crippen molar-refractivity contribution in [2.75, 3.05) is 12.4 Å². The molecule has 8 nitrogen and oxygen atoms in total. The highest BCUT2D eigenvalue weighted by molar-refractivity contribution is 5.92. The first-order chi connectivity index (χ1) is 19.2. The third-order valence-electron chi connectivity index (χ3n) is 7.10. The number of phenolic OH excluding ortho intramolecular Hbond substituents is 1. The number of esters is 1. The molecule has 0 unspecified atom stereocenters. The molecule has 0 radical (unpaired) electrons. The Hall–Kier alpha value is -4.33. The largest absolute Gasteiger partial charge is 0.508 e. The van der Waals surface area contributed by atoms with E-state index in [1.54, 1.807) is 24.3 Å². The Morgan fingerprint density at radius 3 is 2.10 bits per heavy atom. The molecule has 2 amide bonds. The molecule has 8 heteroatoms. The van der Waals surface area contributed by atoms with Gasteiger partial charge < -0.3 is 25.2 Å². The second-order valence-electron chi connectivity index (χ2n) is 10.5. The van der Waals surface area contributed by atoms with Gasteiger partial charge in [0, 0.05) is 12.1 Å². The summed E-state index contributed by atoms with van der Waals surface area (Å²) in [6.45, 7) is 3.98. The topological polar surface area (TPSA) is 114 Å². The fourth-order valence-corrected chi connectivity index (χ4v) is 5.15. The predicted octanol–water partition coefficient (Wildman–Crippen LogP) is 4.78. The number of hydrogen-bond acceptors (Lipinski definition) is 6. The maximum Gasteiger partial charge on any atom is 0.328 e. The van der Waals surface area contributed by atoms with Gasteiger partial charge in [-0.15, -0.1) is 0 Å². The van der Waals surface area contributed by atoms with Crippen LogP contribution in [0.25, 0.3) is 0 Å². The summed E-state index contributed by atoms with van der Waals surface area (Å²) in [6, 6.07) is 18.6. The average molecular weight is 545 g/mol. The lowest BCUT2D eigenvalue weighted by Crippen LogP contribution is -2.54. The van der Waals surface area contributed by atoms with Crippen molar-refractivity contribution in [1.29, 1.82) is 0 Å². The Morgan fingerprint density at radius 2 is 1.50 bits per heavy atom. The molecule has 1 atom stereocenters. The van der Waals surface area contributed by atoms with E-state index in [2.05, 4.69) is 16.7 Å². The number of carbonyl (C=O) groups excluding carboxylic acids is 3. The molecule has 1 saturated carbocycles. The van der Waals surface area contributed by atoms with Crippen LogP contribution >= 0.6 is 0 Å². The molecule has 210 valence electrons. The van der Waals surface area contributed by atoms with E-state index in [-0.39, 0.29) is 30.4 Å².